The lowest BCUT2D eigenvalue weighted by atomic mass is 10.0. The van der Waals surface area contributed by atoms with Crippen molar-refractivity contribution in [2.45, 2.75) is 50.3 Å². The van der Waals surface area contributed by atoms with Gasteiger partial charge in [0.2, 0.25) is 11.8 Å². The first kappa shape index (κ1) is 21.0. The SMILES string of the molecule is C[C@H](Sc1nnc(-c2ccc(F)cc2)o1)C(=O)N(Cc1ccccc1)C(C)(C)C. The Hall–Kier alpha value is -2.67. The summed E-state index contributed by atoms with van der Waals surface area (Å²) in [5, 5.41) is 7.93. The maximum absolute atomic E-state index is 13.2. The summed E-state index contributed by atoms with van der Waals surface area (Å²) < 4.78 is 18.7. The van der Waals surface area contributed by atoms with Gasteiger partial charge in [0.25, 0.3) is 5.22 Å². The van der Waals surface area contributed by atoms with Crippen LogP contribution in [0.25, 0.3) is 11.5 Å². The van der Waals surface area contributed by atoms with E-state index >= 15 is 0 Å². The highest BCUT2D eigenvalue weighted by Crippen LogP contribution is 2.29. The molecule has 0 N–H and O–H groups in total. The van der Waals surface area contributed by atoms with Crippen molar-refractivity contribution in [1.29, 1.82) is 0 Å². The molecule has 3 rings (SSSR count). The van der Waals surface area contributed by atoms with Gasteiger partial charge in [-0.05, 0) is 57.5 Å². The topological polar surface area (TPSA) is 59.2 Å². The zero-order valence-electron chi connectivity index (χ0n) is 16.9. The van der Waals surface area contributed by atoms with E-state index in [1.165, 1.54) is 23.9 Å². The summed E-state index contributed by atoms with van der Waals surface area (Å²) in [5.41, 5.74) is 1.37. The predicted molar refractivity (Wildman–Crippen MR) is 112 cm³/mol. The summed E-state index contributed by atoms with van der Waals surface area (Å²) in [5.74, 6) is -0.0419. The number of nitrogens with zero attached hydrogens (tertiary/aromatic N) is 3. The average molecular weight is 414 g/mol. The highest BCUT2D eigenvalue weighted by Gasteiger charge is 2.31. The highest BCUT2D eigenvalue weighted by atomic mass is 32.2. The van der Waals surface area contributed by atoms with Gasteiger partial charge in [-0.3, -0.25) is 4.79 Å². The molecule has 29 heavy (non-hydrogen) atoms. The van der Waals surface area contributed by atoms with Crippen molar-refractivity contribution >= 4 is 17.7 Å². The third kappa shape index (κ3) is 5.44. The number of benzene rings is 2. The molecule has 1 amide bonds. The minimum absolute atomic E-state index is 0.00659. The van der Waals surface area contributed by atoms with Gasteiger partial charge in [0.1, 0.15) is 5.82 Å². The summed E-state index contributed by atoms with van der Waals surface area (Å²) in [6.45, 7) is 8.41. The highest BCUT2D eigenvalue weighted by molar-refractivity contribution is 8.00. The largest absolute Gasteiger partial charge is 0.411 e. The predicted octanol–water partition coefficient (Wildman–Crippen LogP) is 5.18. The van der Waals surface area contributed by atoms with Crippen LogP contribution in [-0.2, 0) is 11.3 Å². The second-order valence-electron chi connectivity index (χ2n) is 7.72. The van der Waals surface area contributed by atoms with Gasteiger partial charge < -0.3 is 9.32 Å². The molecular formula is C22H24FN3O2S. The van der Waals surface area contributed by atoms with Crippen LogP contribution in [0.2, 0.25) is 0 Å². The van der Waals surface area contributed by atoms with Crippen molar-refractivity contribution < 1.29 is 13.6 Å². The Kier molecular flexibility index (Phi) is 6.37. The third-order valence-corrected chi connectivity index (χ3v) is 5.30. The minimum atomic E-state index is -0.403. The number of carbonyl (C=O) groups is 1. The second-order valence-corrected chi connectivity index (χ2v) is 9.01. The standard InChI is InChI=1S/C22H24FN3O2S/c1-15(20(27)26(22(2,3)4)14-16-8-6-5-7-9-16)29-21-25-24-19(28-21)17-10-12-18(23)13-11-17/h5-13,15H,14H2,1-4H3/t15-/m0/s1. The van der Waals surface area contributed by atoms with Gasteiger partial charge in [-0.25, -0.2) is 4.39 Å². The van der Waals surface area contributed by atoms with Crippen molar-refractivity contribution in [3.63, 3.8) is 0 Å². The van der Waals surface area contributed by atoms with E-state index in [0.29, 0.717) is 23.2 Å². The van der Waals surface area contributed by atoms with Crippen LogP contribution >= 0.6 is 11.8 Å². The molecule has 1 atom stereocenters. The molecule has 0 aliphatic rings. The molecule has 5 nitrogen and oxygen atoms in total. The Bertz CT molecular complexity index is 952. The third-order valence-electron chi connectivity index (χ3n) is 4.38. The fourth-order valence-corrected chi connectivity index (χ4v) is 3.54. The van der Waals surface area contributed by atoms with E-state index in [1.54, 1.807) is 12.1 Å². The molecule has 0 aliphatic heterocycles. The van der Waals surface area contributed by atoms with Crippen LogP contribution in [0.1, 0.15) is 33.3 Å². The molecule has 0 spiro atoms. The molecule has 0 fully saturated rings. The number of rotatable bonds is 6. The van der Waals surface area contributed by atoms with Gasteiger partial charge in [-0.15, -0.1) is 10.2 Å². The first-order valence-corrected chi connectivity index (χ1v) is 10.2. The quantitative estimate of drug-likeness (QED) is 0.521. The van der Waals surface area contributed by atoms with Crippen LogP contribution in [0.5, 0.6) is 0 Å². The fraction of sp³-hybridized carbons (Fsp3) is 0.318. The Morgan fingerprint density at radius 1 is 1.10 bits per heavy atom. The number of amides is 1. The molecule has 3 aromatic rings. The van der Waals surface area contributed by atoms with Crippen LogP contribution in [0.3, 0.4) is 0 Å². The average Bonchev–Trinajstić information content (AvgIpc) is 3.14. The number of carbonyl (C=O) groups excluding carboxylic acids is 1. The Morgan fingerprint density at radius 2 is 1.76 bits per heavy atom. The first-order chi connectivity index (χ1) is 13.7. The molecule has 0 saturated carbocycles. The van der Waals surface area contributed by atoms with E-state index in [-0.39, 0.29) is 17.3 Å². The maximum atomic E-state index is 13.2. The van der Waals surface area contributed by atoms with E-state index in [1.807, 2.05) is 62.9 Å². The Balaban J connectivity index is 1.72. The monoisotopic (exact) mass is 413 g/mol. The molecule has 152 valence electrons. The van der Waals surface area contributed by atoms with E-state index < -0.39 is 5.25 Å². The van der Waals surface area contributed by atoms with Crippen molar-refractivity contribution in [1.82, 2.24) is 15.1 Å². The van der Waals surface area contributed by atoms with Gasteiger partial charge in [0, 0.05) is 17.6 Å². The van der Waals surface area contributed by atoms with Crippen molar-refractivity contribution in [3.8, 4) is 11.5 Å². The van der Waals surface area contributed by atoms with Crippen LogP contribution < -0.4 is 0 Å². The van der Waals surface area contributed by atoms with Crippen molar-refractivity contribution in [2.24, 2.45) is 0 Å². The lowest BCUT2D eigenvalue weighted by molar-refractivity contribution is -0.135. The molecule has 0 aliphatic carbocycles. The van der Waals surface area contributed by atoms with Crippen LogP contribution in [-0.4, -0.2) is 31.8 Å². The number of aromatic nitrogens is 2. The van der Waals surface area contributed by atoms with Crippen molar-refractivity contribution in [3.05, 3.63) is 66.0 Å². The maximum Gasteiger partial charge on any atom is 0.277 e. The van der Waals surface area contributed by atoms with Crippen LogP contribution in [0, 0.1) is 5.82 Å². The molecule has 1 aromatic heterocycles. The summed E-state index contributed by atoms with van der Waals surface area (Å²) in [6, 6.07) is 15.7. The van der Waals surface area contributed by atoms with E-state index in [9.17, 15) is 9.18 Å². The molecule has 7 heteroatoms. The van der Waals surface area contributed by atoms with Gasteiger partial charge in [-0.1, -0.05) is 42.1 Å². The molecule has 0 bridgehead atoms. The Labute approximate surface area is 174 Å². The second kappa shape index (κ2) is 8.78. The lowest BCUT2D eigenvalue weighted by Crippen LogP contribution is -2.48. The zero-order valence-corrected chi connectivity index (χ0v) is 17.7. The van der Waals surface area contributed by atoms with Crippen molar-refractivity contribution in [2.75, 3.05) is 0 Å². The van der Waals surface area contributed by atoms with Gasteiger partial charge in [-0.2, -0.15) is 0 Å². The van der Waals surface area contributed by atoms with Gasteiger partial charge in [0.15, 0.2) is 0 Å². The summed E-state index contributed by atoms with van der Waals surface area (Å²) in [4.78, 5) is 15.0. The summed E-state index contributed by atoms with van der Waals surface area (Å²) in [6.07, 6.45) is 0. The summed E-state index contributed by atoms with van der Waals surface area (Å²) >= 11 is 1.22. The first-order valence-electron chi connectivity index (χ1n) is 9.35. The van der Waals surface area contributed by atoms with E-state index in [4.69, 9.17) is 4.42 Å². The smallest absolute Gasteiger partial charge is 0.277 e. The molecular weight excluding hydrogens is 389 g/mol. The van der Waals surface area contributed by atoms with E-state index in [0.717, 1.165) is 5.56 Å². The zero-order chi connectivity index (χ0) is 21.0. The normalized spacial score (nSPS) is 12.6. The molecule has 0 unspecified atom stereocenters. The molecule has 0 radical (unpaired) electrons. The molecule has 0 saturated heterocycles. The number of thioether (sulfide) groups is 1. The fourth-order valence-electron chi connectivity index (χ4n) is 2.80. The summed E-state index contributed by atoms with van der Waals surface area (Å²) in [7, 11) is 0. The van der Waals surface area contributed by atoms with Crippen LogP contribution in [0.4, 0.5) is 4.39 Å². The van der Waals surface area contributed by atoms with Gasteiger partial charge >= 0.3 is 0 Å². The molecule has 2 aromatic carbocycles. The molecule has 1 heterocycles. The Morgan fingerprint density at radius 3 is 2.38 bits per heavy atom. The number of hydrogen-bond acceptors (Lipinski definition) is 5. The minimum Gasteiger partial charge on any atom is -0.411 e. The number of halogens is 1. The lowest BCUT2D eigenvalue weighted by Gasteiger charge is -2.37. The van der Waals surface area contributed by atoms with E-state index in [2.05, 4.69) is 10.2 Å². The number of hydrogen-bond donors (Lipinski definition) is 0. The van der Waals surface area contributed by atoms with Gasteiger partial charge in [0.05, 0.1) is 5.25 Å². The van der Waals surface area contributed by atoms with Crippen LogP contribution in [0.15, 0.2) is 64.2 Å².